The molecule has 1 fully saturated rings. The van der Waals surface area contributed by atoms with Crippen LogP contribution in [0, 0.1) is 0 Å². The Morgan fingerprint density at radius 3 is 2.53 bits per heavy atom. The highest BCUT2D eigenvalue weighted by atomic mass is 32.2. The highest BCUT2D eigenvalue weighted by Crippen LogP contribution is 2.30. The van der Waals surface area contributed by atoms with Crippen LogP contribution in [0.25, 0.3) is 0 Å². The molecule has 0 bridgehead atoms. The van der Waals surface area contributed by atoms with E-state index < -0.39 is 21.2 Å². The third kappa shape index (κ3) is 2.57. The molecule has 0 radical (unpaired) electrons. The average Bonchev–Trinajstić information content (AvgIpc) is 2.95. The van der Waals surface area contributed by atoms with Gasteiger partial charge < -0.3 is 5.11 Å². The third-order valence-corrected chi connectivity index (χ3v) is 4.58. The van der Waals surface area contributed by atoms with E-state index in [9.17, 15) is 13.2 Å². The van der Waals surface area contributed by atoms with E-state index in [2.05, 4.69) is 6.58 Å². The lowest BCUT2D eigenvalue weighted by Crippen LogP contribution is -2.42. The van der Waals surface area contributed by atoms with Crippen LogP contribution < -0.4 is 0 Å². The Labute approximate surface area is 89.4 Å². The SMILES string of the molecule is C=CCN(C1CC1)S(=O)(=O)C(C)C(=O)O. The van der Waals surface area contributed by atoms with Gasteiger partial charge >= 0.3 is 5.97 Å². The molecule has 1 unspecified atom stereocenters. The molecule has 15 heavy (non-hydrogen) atoms. The van der Waals surface area contributed by atoms with Crippen LogP contribution >= 0.6 is 0 Å². The Bertz CT molecular complexity index is 358. The first-order chi connectivity index (χ1) is 6.91. The van der Waals surface area contributed by atoms with Crippen LogP contribution in [0.4, 0.5) is 0 Å². The Morgan fingerprint density at radius 2 is 2.20 bits per heavy atom. The maximum atomic E-state index is 11.8. The quantitative estimate of drug-likeness (QED) is 0.675. The Morgan fingerprint density at radius 1 is 1.67 bits per heavy atom. The van der Waals surface area contributed by atoms with Crippen LogP contribution in [0.1, 0.15) is 19.8 Å². The van der Waals surface area contributed by atoms with E-state index >= 15 is 0 Å². The largest absolute Gasteiger partial charge is 0.480 e. The van der Waals surface area contributed by atoms with Crippen molar-refractivity contribution < 1.29 is 18.3 Å². The van der Waals surface area contributed by atoms with E-state index in [0.717, 1.165) is 12.8 Å². The molecule has 86 valence electrons. The minimum atomic E-state index is -3.74. The van der Waals surface area contributed by atoms with Gasteiger partial charge in [0.25, 0.3) is 0 Å². The van der Waals surface area contributed by atoms with E-state index in [-0.39, 0.29) is 12.6 Å². The van der Waals surface area contributed by atoms with Crippen LogP contribution in [0.15, 0.2) is 12.7 Å². The van der Waals surface area contributed by atoms with Crippen molar-refractivity contribution in [2.24, 2.45) is 0 Å². The van der Waals surface area contributed by atoms with Gasteiger partial charge in [0.1, 0.15) is 0 Å². The maximum Gasteiger partial charge on any atom is 0.323 e. The summed E-state index contributed by atoms with van der Waals surface area (Å²) in [6.07, 6.45) is 3.09. The molecule has 0 aromatic heterocycles. The Hall–Kier alpha value is -0.880. The number of nitrogens with zero attached hydrogens (tertiary/aromatic N) is 1. The molecule has 1 saturated carbocycles. The number of rotatable bonds is 6. The minimum Gasteiger partial charge on any atom is -0.480 e. The summed E-state index contributed by atoms with van der Waals surface area (Å²) in [7, 11) is -3.74. The number of hydrogen-bond donors (Lipinski definition) is 1. The third-order valence-electron chi connectivity index (χ3n) is 2.38. The normalized spacial score (nSPS) is 18.8. The summed E-state index contributed by atoms with van der Waals surface area (Å²) in [4.78, 5) is 10.7. The first-order valence-electron chi connectivity index (χ1n) is 4.75. The number of aliphatic carboxylic acids is 1. The van der Waals surface area contributed by atoms with Crippen molar-refractivity contribution in [1.82, 2.24) is 4.31 Å². The number of carboxylic acid groups (broad SMARTS) is 1. The van der Waals surface area contributed by atoms with Crippen molar-refractivity contribution >= 4 is 16.0 Å². The smallest absolute Gasteiger partial charge is 0.323 e. The van der Waals surface area contributed by atoms with Crippen LogP contribution in [0.2, 0.25) is 0 Å². The fourth-order valence-corrected chi connectivity index (χ4v) is 2.88. The molecule has 0 saturated heterocycles. The molecule has 0 heterocycles. The van der Waals surface area contributed by atoms with Gasteiger partial charge in [-0.3, -0.25) is 4.79 Å². The average molecular weight is 233 g/mol. The number of hydrogen-bond acceptors (Lipinski definition) is 3. The molecule has 1 rings (SSSR count). The second-order valence-electron chi connectivity index (χ2n) is 3.61. The molecule has 0 amide bonds. The Kier molecular flexibility index (Phi) is 3.51. The zero-order valence-corrected chi connectivity index (χ0v) is 9.40. The minimum absolute atomic E-state index is 0.0326. The topological polar surface area (TPSA) is 74.7 Å². The predicted octanol–water partition coefficient (Wildman–Crippen LogP) is 0.440. The van der Waals surface area contributed by atoms with Crippen LogP contribution in [-0.2, 0) is 14.8 Å². The van der Waals surface area contributed by atoms with E-state index in [1.54, 1.807) is 0 Å². The van der Waals surface area contributed by atoms with Gasteiger partial charge in [0.15, 0.2) is 5.25 Å². The summed E-state index contributed by atoms with van der Waals surface area (Å²) in [5, 5.41) is 7.31. The van der Waals surface area contributed by atoms with Crippen molar-refractivity contribution in [3.63, 3.8) is 0 Å². The predicted molar refractivity (Wildman–Crippen MR) is 55.9 cm³/mol. The molecular formula is C9H15NO4S. The van der Waals surface area contributed by atoms with Gasteiger partial charge in [-0.25, -0.2) is 8.42 Å². The van der Waals surface area contributed by atoms with Crippen LogP contribution in [-0.4, -0.2) is 41.6 Å². The summed E-state index contributed by atoms with van der Waals surface area (Å²) in [5.41, 5.74) is 0. The fraction of sp³-hybridized carbons (Fsp3) is 0.667. The van der Waals surface area contributed by atoms with Crippen molar-refractivity contribution in [3.8, 4) is 0 Å². The van der Waals surface area contributed by atoms with Crippen molar-refractivity contribution in [2.75, 3.05) is 6.54 Å². The molecule has 1 aliphatic carbocycles. The van der Waals surface area contributed by atoms with Gasteiger partial charge in [0.2, 0.25) is 10.0 Å². The standard InChI is InChI=1S/C9H15NO4S/c1-3-6-10(8-4-5-8)15(13,14)7(2)9(11)12/h3,7-8H,1,4-6H2,2H3,(H,11,12). The molecule has 1 N–H and O–H groups in total. The van der Waals surface area contributed by atoms with Crippen molar-refractivity contribution in [2.45, 2.75) is 31.1 Å². The van der Waals surface area contributed by atoms with E-state index in [0.29, 0.717) is 0 Å². The first kappa shape index (κ1) is 12.2. The van der Waals surface area contributed by atoms with Crippen LogP contribution in [0.3, 0.4) is 0 Å². The molecule has 1 aliphatic rings. The molecule has 0 aliphatic heterocycles. The fourth-order valence-electron chi connectivity index (χ4n) is 1.28. The van der Waals surface area contributed by atoms with E-state index in [1.807, 2.05) is 0 Å². The zero-order valence-electron chi connectivity index (χ0n) is 8.59. The van der Waals surface area contributed by atoms with Gasteiger partial charge in [0, 0.05) is 12.6 Å². The molecule has 6 heteroatoms. The lowest BCUT2D eigenvalue weighted by molar-refractivity contribution is -0.136. The number of sulfonamides is 1. The van der Waals surface area contributed by atoms with Gasteiger partial charge in [-0.2, -0.15) is 4.31 Å². The highest BCUT2D eigenvalue weighted by Gasteiger charge is 2.41. The second kappa shape index (κ2) is 4.32. The molecule has 0 aromatic carbocycles. The Balaban J connectivity index is 2.89. The monoisotopic (exact) mass is 233 g/mol. The van der Waals surface area contributed by atoms with Crippen molar-refractivity contribution in [3.05, 3.63) is 12.7 Å². The highest BCUT2D eigenvalue weighted by molar-refractivity contribution is 7.90. The van der Waals surface area contributed by atoms with Crippen LogP contribution in [0.5, 0.6) is 0 Å². The lowest BCUT2D eigenvalue weighted by atomic mass is 10.5. The van der Waals surface area contributed by atoms with E-state index in [1.165, 1.54) is 17.3 Å². The molecule has 1 atom stereocenters. The van der Waals surface area contributed by atoms with Gasteiger partial charge in [-0.1, -0.05) is 6.08 Å². The summed E-state index contributed by atoms with van der Waals surface area (Å²) in [6.45, 7) is 4.85. The van der Waals surface area contributed by atoms with Crippen molar-refractivity contribution in [1.29, 1.82) is 0 Å². The molecular weight excluding hydrogens is 218 g/mol. The summed E-state index contributed by atoms with van der Waals surface area (Å²) in [5.74, 6) is -1.32. The van der Waals surface area contributed by atoms with Gasteiger partial charge in [-0.15, -0.1) is 6.58 Å². The maximum absolute atomic E-state index is 11.8. The number of carbonyl (C=O) groups is 1. The molecule has 0 spiro atoms. The summed E-state index contributed by atoms with van der Waals surface area (Å²) in [6, 6.07) is -0.0326. The zero-order chi connectivity index (χ0) is 11.6. The molecule has 5 nitrogen and oxygen atoms in total. The summed E-state index contributed by atoms with van der Waals surface area (Å²) >= 11 is 0. The number of carboxylic acids is 1. The molecule has 0 aromatic rings. The van der Waals surface area contributed by atoms with E-state index in [4.69, 9.17) is 5.11 Å². The lowest BCUT2D eigenvalue weighted by Gasteiger charge is -2.22. The summed E-state index contributed by atoms with van der Waals surface area (Å²) < 4.78 is 24.9. The van der Waals surface area contributed by atoms with Gasteiger partial charge in [0.05, 0.1) is 0 Å². The second-order valence-corrected chi connectivity index (χ2v) is 5.82. The van der Waals surface area contributed by atoms with Gasteiger partial charge in [-0.05, 0) is 19.8 Å². The first-order valence-corrected chi connectivity index (χ1v) is 6.26.